The van der Waals surface area contributed by atoms with Crippen molar-refractivity contribution in [2.75, 3.05) is 0 Å². The minimum absolute atomic E-state index is 0.0178. The number of hydrogen-bond donors (Lipinski definition) is 1. The number of para-hydroxylation sites is 1. The fourth-order valence-corrected chi connectivity index (χ4v) is 3.92. The Morgan fingerprint density at radius 3 is 2.03 bits per heavy atom. The minimum atomic E-state index is -3.89. The van der Waals surface area contributed by atoms with Crippen LogP contribution in [0.15, 0.2) is 102 Å². The average Bonchev–Trinajstić information content (AvgIpc) is 2.73. The van der Waals surface area contributed by atoms with Gasteiger partial charge in [0.05, 0.1) is 16.5 Å². The second-order valence-corrected chi connectivity index (χ2v) is 8.22. The van der Waals surface area contributed by atoms with Gasteiger partial charge in [0.2, 0.25) is 10.0 Å². The van der Waals surface area contributed by atoms with Gasteiger partial charge in [0.1, 0.15) is 5.75 Å². The Kier molecular flexibility index (Phi) is 6.26. The molecule has 0 amide bonds. The van der Waals surface area contributed by atoms with E-state index in [4.69, 9.17) is 4.74 Å². The molecule has 0 aliphatic rings. The van der Waals surface area contributed by atoms with Crippen molar-refractivity contribution in [3.8, 4) is 5.75 Å². The van der Waals surface area contributed by atoms with Crippen LogP contribution in [0.1, 0.15) is 17.2 Å². The van der Waals surface area contributed by atoms with E-state index in [1.807, 2.05) is 6.92 Å². The lowest BCUT2D eigenvalue weighted by atomic mass is 10.0. The second-order valence-electron chi connectivity index (χ2n) is 6.51. The summed E-state index contributed by atoms with van der Waals surface area (Å²) in [5.74, 6) is -0.358. The summed E-state index contributed by atoms with van der Waals surface area (Å²) < 4.78 is 33.7. The molecule has 3 aromatic rings. The molecular formula is C23H21NO4S. The van der Waals surface area contributed by atoms with E-state index in [0.717, 1.165) is 5.56 Å². The molecule has 0 radical (unpaired) electrons. The Labute approximate surface area is 170 Å². The Morgan fingerprint density at radius 1 is 0.897 bits per heavy atom. The standard InChI is InChI=1S/C23H21NO4S/c1-17-13-15-21(16-14-17)29(26,27)24-22(19-9-5-3-6-10-19)18(2)23(25)28-20-11-7-4-8-12-20/h3-16,22,24H,2H2,1H3/t22-/m1/s1. The number of carbonyl (C=O) groups is 1. The zero-order valence-electron chi connectivity index (χ0n) is 15.9. The number of benzene rings is 3. The van der Waals surface area contributed by atoms with Crippen molar-refractivity contribution in [2.45, 2.75) is 17.9 Å². The van der Waals surface area contributed by atoms with E-state index in [-0.39, 0.29) is 10.5 Å². The largest absolute Gasteiger partial charge is 0.423 e. The van der Waals surface area contributed by atoms with Crippen LogP contribution < -0.4 is 9.46 Å². The number of sulfonamides is 1. The average molecular weight is 407 g/mol. The van der Waals surface area contributed by atoms with Gasteiger partial charge in [-0.25, -0.2) is 13.2 Å². The molecule has 148 valence electrons. The third-order valence-electron chi connectivity index (χ3n) is 4.30. The molecule has 3 rings (SSSR count). The minimum Gasteiger partial charge on any atom is -0.423 e. The number of carbonyl (C=O) groups excluding carboxylic acids is 1. The van der Waals surface area contributed by atoms with Gasteiger partial charge in [-0.2, -0.15) is 4.72 Å². The first-order valence-corrected chi connectivity index (χ1v) is 10.4. The molecule has 0 aliphatic heterocycles. The van der Waals surface area contributed by atoms with Crippen molar-refractivity contribution >= 4 is 16.0 Å². The summed E-state index contributed by atoms with van der Waals surface area (Å²) in [4.78, 5) is 12.7. The van der Waals surface area contributed by atoms with E-state index >= 15 is 0 Å². The fraction of sp³-hybridized carbons (Fsp3) is 0.0870. The van der Waals surface area contributed by atoms with Crippen molar-refractivity contribution < 1.29 is 17.9 Å². The van der Waals surface area contributed by atoms with Gasteiger partial charge < -0.3 is 4.74 Å². The van der Waals surface area contributed by atoms with Crippen LogP contribution in [0.5, 0.6) is 5.75 Å². The Hall–Kier alpha value is -3.22. The molecule has 0 bridgehead atoms. The van der Waals surface area contributed by atoms with Crippen molar-refractivity contribution in [1.29, 1.82) is 0 Å². The van der Waals surface area contributed by atoms with E-state index in [1.165, 1.54) is 12.1 Å². The highest BCUT2D eigenvalue weighted by Crippen LogP contribution is 2.25. The number of hydrogen-bond acceptors (Lipinski definition) is 4. The third-order valence-corrected chi connectivity index (χ3v) is 5.74. The monoisotopic (exact) mass is 407 g/mol. The van der Waals surface area contributed by atoms with Crippen LogP contribution in [0, 0.1) is 6.92 Å². The van der Waals surface area contributed by atoms with E-state index in [9.17, 15) is 13.2 Å². The topological polar surface area (TPSA) is 72.5 Å². The molecule has 1 atom stereocenters. The van der Waals surface area contributed by atoms with Crippen molar-refractivity contribution in [3.05, 3.63) is 108 Å². The van der Waals surface area contributed by atoms with Crippen LogP contribution in [0.2, 0.25) is 0 Å². The van der Waals surface area contributed by atoms with Crippen LogP contribution >= 0.6 is 0 Å². The lowest BCUT2D eigenvalue weighted by Crippen LogP contribution is -2.32. The summed E-state index contributed by atoms with van der Waals surface area (Å²) in [7, 11) is -3.89. The number of esters is 1. The number of aryl methyl sites for hydroxylation is 1. The molecule has 0 heterocycles. The number of ether oxygens (including phenoxy) is 1. The van der Waals surface area contributed by atoms with Gasteiger partial charge in [0.25, 0.3) is 0 Å². The molecule has 0 spiro atoms. The maximum atomic E-state index is 12.9. The van der Waals surface area contributed by atoms with E-state index in [2.05, 4.69) is 11.3 Å². The molecule has 0 saturated heterocycles. The van der Waals surface area contributed by atoms with Crippen molar-refractivity contribution in [3.63, 3.8) is 0 Å². The smallest absolute Gasteiger partial charge is 0.340 e. The molecule has 3 aromatic carbocycles. The second kappa shape index (κ2) is 8.86. The van der Waals surface area contributed by atoms with Gasteiger partial charge in [0.15, 0.2) is 0 Å². The molecule has 29 heavy (non-hydrogen) atoms. The van der Waals surface area contributed by atoms with Gasteiger partial charge in [-0.3, -0.25) is 0 Å². The highest BCUT2D eigenvalue weighted by molar-refractivity contribution is 7.89. The molecule has 0 aliphatic carbocycles. The molecule has 0 saturated carbocycles. The summed E-state index contributed by atoms with van der Waals surface area (Å²) in [5.41, 5.74) is 1.51. The van der Waals surface area contributed by atoms with Gasteiger partial charge >= 0.3 is 5.97 Å². The molecule has 0 unspecified atom stereocenters. The maximum Gasteiger partial charge on any atom is 0.340 e. The normalized spacial score (nSPS) is 12.2. The van der Waals surface area contributed by atoms with E-state index in [0.29, 0.717) is 11.3 Å². The summed E-state index contributed by atoms with van der Waals surface area (Å²) in [5, 5.41) is 0. The summed E-state index contributed by atoms with van der Waals surface area (Å²) in [6, 6.07) is 22.8. The highest BCUT2D eigenvalue weighted by Gasteiger charge is 2.28. The molecule has 0 fully saturated rings. The van der Waals surface area contributed by atoms with Crippen molar-refractivity contribution in [1.82, 2.24) is 4.72 Å². The SMILES string of the molecule is C=C(C(=O)Oc1ccccc1)[C@@H](NS(=O)(=O)c1ccc(C)cc1)c1ccccc1. The summed E-state index contributed by atoms with van der Waals surface area (Å²) >= 11 is 0. The number of nitrogens with one attached hydrogen (secondary N) is 1. The maximum absolute atomic E-state index is 12.9. The zero-order valence-corrected chi connectivity index (χ0v) is 16.7. The van der Waals surface area contributed by atoms with Crippen LogP contribution in [0.4, 0.5) is 0 Å². The lowest BCUT2D eigenvalue weighted by Gasteiger charge is -2.21. The van der Waals surface area contributed by atoms with E-state index < -0.39 is 22.0 Å². The Morgan fingerprint density at radius 2 is 1.45 bits per heavy atom. The first-order valence-electron chi connectivity index (χ1n) is 8.97. The molecule has 5 nitrogen and oxygen atoms in total. The Balaban J connectivity index is 1.90. The first kappa shape index (κ1) is 20.5. The van der Waals surface area contributed by atoms with Gasteiger partial charge in [-0.15, -0.1) is 0 Å². The van der Waals surface area contributed by atoms with Crippen LogP contribution in [0.25, 0.3) is 0 Å². The number of rotatable bonds is 7. The predicted molar refractivity (Wildman–Crippen MR) is 112 cm³/mol. The molecular weight excluding hydrogens is 386 g/mol. The van der Waals surface area contributed by atoms with Crippen molar-refractivity contribution in [2.24, 2.45) is 0 Å². The van der Waals surface area contributed by atoms with E-state index in [1.54, 1.807) is 72.8 Å². The first-order chi connectivity index (χ1) is 13.9. The van der Waals surface area contributed by atoms with Crippen LogP contribution in [-0.4, -0.2) is 14.4 Å². The third kappa shape index (κ3) is 5.19. The molecule has 6 heteroatoms. The van der Waals surface area contributed by atoms with Gasteiger partial charge in [-0.05, 0) is 36.8 Å². The van der Waals surface area contributed by atoms with Gasteiger partial charge in [0, 0.05) is 0 Å². The van der Waals surface area contributed by atoms with Gasteiger partial charge in [-0.1, -0.05) is 72.8 Å². The summed E-state index contributed by atoms with van der Waals surface area (Å²) in [6.45, 7) is 5.69. The van der Waals surface area contributed by atoms with Crippen LogP contribution in [0.3, 0.4) is 0 Å². The molecule has 1 N–H and O–H groups in total. The predicted octanol–water partition coefficient (Wildman–Crippen LogP) is 4.18. The summed E-state index contributed by atoms with van der Waals surface area (Å²) in [6.07, 6.45) is 0. The molecule has 0 aromatic heterocycles. The zero-order chi connectivity index (χ0) is 20.9. The Bertz CT molecular complexity index is 1090. The quantitative estimate of drug-likeness (QED) is 0.362. The fourth-order valence-electron chi connectivity index (χ4n) is 2.71. The van der Waals surface area contributed by atoms with Crippen LogP contribution in [-0.2, 0) is 14.8 Å². The highest BCUT2D eigenvalue weighted by atomic mass is 32.2. The lowest BCUT2D eigenvalue weighted by molar-refractivity contribution is -0.130.